The number of amides is 3. The van der Waals surface area contributed by atoms with E-state index in [0.717, 1.165) is 5.69 Å². The van der Waals surface area contributed by atoms with Gasteiger partial charge in [-0.3, -0.25) is 19.1 Å². The number of aromatic nitrogens is 2. The van der Waals surface area contributed by atoms with Gasteiger partial charge in [-0.2, -0.15) is 5.10 Å². The van der Waals surface area contributed by atoms with Crippen LogP contribution in [-0.4, -0.2) is 82.0 Å². The summed E-state index contributed by atoms with van der Waals surface area (Å²) in [7, 11) is 5.16. The molecule has 0 spiro atoms. The van der Waals surface area contributed by atoms with Crippen molar-refractivity contribution in [1.29, 1.82) is 0 Å². The zero-order valence-corrected chi connectivity index (χ0v) is 14.7. The first-order chi connectivity index (χ1) is 11.3. The molecule has 3 amide bonds. The third-order valence-corrected chi connectivity index (χ3v) is 4.39. The minimum Gasteiger partial charge on any atom is -0.347 e. The fourth-order valence-corrected chi connectivity index (χ4v) is 2.90. The highest BCUT2D eigenvalue weighted by Crippen LogP contribution is 2.15. The third-order valence-electron chi connectivity index (χ3n) is 4.39. The average Bonchev–Trinajstić information content (AvgIpc) is 2.96. The van der Waals surface area contributed by atoms with Gasteiger partial charge in [0.25, 0.3) is 0 Å². The van der Waals surface area contributed by atoms with E-state index in [1.54, 1.807) is 34.8 Å². The lowest BCUT2D eigenvalue weighted by Gasteiger charge is -2.41. The number of nitrogens with zero attached hydrogens (tertiary/aromatic N) is 5. The van der Waals surface area contributed by atoms with Crippen LogP contribution >= 0.6 is 0 Å². The Balaban J connectivity index is 2.07. The summed E-state index contributed by atoms with van der Waals surface area (Å²) in [5, 5.41) is 4.09. The van der Waals surface area contributed by atoms with Gasteiger partial charge in [0.1, 0.15) is 6.04 Å². The van der Waals surface area contributed by atoms with E-state index in [0.29, 0.717) is 25.9 Å². The van der Waals surface area contributed by atoms with Crippen molar-refractivity contribution in [1.82, 2.24) is 24.5 Å². The van der Waals surface area contributed by atoms with Gasteiger partial charge in [0.15, 0.2) is 0 Å². The van der Waals surface area contributed by atoms with Crippen LogP contribution < -0.4 is 0 Å². The molecule has 1 fully saturated rings. The van der Waals surface area contributed by atoms with Crippen LogP contribution in [0.3, 0.4) is 0 Å². The maximum atomic E-state index is 12.6. The van der Waals surface area contributed by atoms with Crippen LogP contribution in [0, 0.1) is 0 Å². The van der Waals surface area contributed by atoms with E-state index in [1.165, 1.54) is 11.8 Å². The van der Waals surface area contributed by atoms with Crippen molar-refractivity contribution >= 4 is 17.7 Å². The molecule has 24 heavy (non-hydrogen) atoms. The zero-order chi connectivity index (χ0) is 17.9. The lowest BCUT2D eigenvalue weighted by Crippen LogP contribution is -2.61. The average molecular weight is 335 g/mol. The van der Waals surface area contributed by atoms with Gasteiger partial charge in [-0.05, 0) is 12.5 Å². The van der Waals surface area contributed by atoms with Crippen molar-refractivity contribution in [3.63, 3.8) is 0 Å². The van der Waals surface area contributed by atoms with Gasteiger partial charge in [0, 0.05) is 59.5 Å². The molecule has 2 rings (SSSR count). The first kappa shape index (κ1) is 18.0. The molecule has 8 heteroatoms. The standard InChI is InChI=1S/C16H25N5O3/c1-12(22)20-9-10-21(14(11-20)16(24)18(2)3)15(23)6-5-13-7-8-17-19(13)4/h7-8,14H,5-6,9-11H2,1-4H3. The minimum absolute atomic E-state index is 0.0698. The second kappa shape index (κ2) is 7.46. The van der Waals surface area contributed by atoms with E-state index in [2.05, 4.69) is 5.10 Å². The predicted octanol–water partition coefficient (Wildman–Crippen LogP) is -0.500. The Hall–Kier alpha value is -2.38. The molecule has 0 radical (unpaired) electrons. The van der Waals surface area contributed by atoms with Crippen molar-refractivity contribution in [2.24, 2.45) is 7.05 Å². The SMILES string of the molecule is CC(=O)N1CCN(C(=O)CCc2ccnn2C)C(C(=O)N(C)C)C1. The summed E-state index contributed by atoms with van der Waals surface area (Å²) in [5.74, 6) is -0.303. The maximum absolute atomic E-state index is 12.6. The Labute approximate surface area is 142 Å². The predicted molar refractivity (Wildman–Crippen MR) is 88.0 cm³/mol. The van der Waals surface area contributed by atoms with E-state index in [1.807, 2.05) is 13.1 Å². The summed E-state index contributed by atoms with van der Waals surface area (Å²) in [4.78, 5) is 41.4. The molecule has 1 unspecified atom stereocenters. The Bertz CT molecular complexity index is 625. The van der Waals surface area contributed by atoms with E-state index in [-0.39, 0.29) is 24.3 Å². The van der Waals surface area contributed by atoms with Crippen molar-refractivity contribution in [3.05, 3.63) is 18.0 Å². The number of carbonyl (C=O) groups is 3. The fourth-order valence-electron chi connectivity index (χ4n) is 2.90. The van der Waals surface area contributed by atoms with Gasteiger partial charge in [-0.15, -0.1) is 0 Å². The number of piperazine rings is 1. The molecular formula is C16H25N5O3. The third kappa shape index (κ3) is 3.93. The molecule has 132 valence electrons. The van der Waals surface area contributed by atoms with E-state index < -0.39 is 6.04 Å². The summed E-state index contributed by atoms with van der Waals surface area (Å²) in [6.45, 7) is 2.58. The molecule has 8 nitrogen and oxygen atoms in total. The number of rotatable bonds is 4. The van der Waals surface area contributed by atoms with E-state index in [9.17, 15) is 14.4 Å². The first-order valence-corrected chi connectivity index (χ1v) is 8.04. The molecule has 1 aromatic rings. The highest BCUT2D eigenvalue weighted by Gasteiger charge is 2.36. The molecule has 0 bridgehead atoms. The van der Waals surface area contributed by atoms with Gasteiger partial charge >= 0.3 is 0 Å². The van der Waals surface area contributed by atoms with Gasteiger partial charge in [0.2, 0.25) is 17.7 Å². The first-order valence-electron chi connectivity index (χ1n) is 8.04. The van der Waals surface area contributed by atoms with Crippen LogP contribution in [0.1, 0.15) is 19.0 Å². The summed E-state index contributed by atoms with van der Waals surface area (Å²) in [6, 6.07) is 1.26. The van der Waals surface area contributed by atoms with Gasteiger partial charge in [-0.1, -0.05) is 0 Å². The highest BCUT2D eigenvalue weighted by molar-refractivity contribution is 5.89. The quantitative estimate of drug-likeness (QED) is 0.743. The molecule has 0 aromatic carbocycles. The van der Waals surface area contributed by atoms with Crippen molar-refractivity contribution in [2.75, 3.05) is 33.7 Å². The molecule has 0 N–H and O–H groups in total. The molecule has 1 aromatic heterocycles. The van der Waals surface area contributed by atoms with E-state index >= 15 is 0 Å². The lowest BCUT2D eigenvalue weighted by molar-refractivity contribution is -0.151. The minimum atomic E-state index is -0.614. The zero-order valence-electron chi connectivity index (χ0n) is 14.7. The van der Waals surface area contributed by atoms with Crippen LogP contribution in [0.4, 0.5) is 0 Å². The van der Waals surface area contributed by atoms with Crippen molar-refractivity contribution in [3.8, 4) is 0 Å². The Morgan fingerprint density at radius 2 is 2.00 bits per heavy atom. The number of carbonyl (C=O) groups excluding carboxylic acids is 3. The summed E-state index contributed by atoms with van der Waals surface area (Å²) >= 11 is 0. The van der Waals surface area contributed by atoms with Gasteiger partial charge < -0.3 is 14.7 Å². The Morgan fingerprint density at radius 3 is 2.54 bits per heavy atom. The van der Waals surface area contributed by atoms with Crippen LogP contribution in [-0.2, 0) is 27.9 Å². The highest BCUT2D eigenvalue weighted by atomic mass is 16.2. The van der Waals surface area contributed by atoms with Gasteiger partial charge in [0.05, 0.1) is 6.54 Å². The molecule has 1 aliphatic heterocycles. The largest absolute Gasteiger partial charge is 0.347 e. The molecular weight excluding hydrogens is 310 g/mol. The Kier molecular flexibility index (Phi) is 5.58. The summed E-state index contributed by atoms with van der Waals surface area (Å²) in [5.41, 5.74) is 0.973. The topological polar surface area (TPSA) is 78.8 Å². The molecule has 0 aliphatic carbocycles. The maximum Gasteiger partial charge on any atom is 0.246 e. The number of aryl methyl sites for hydroxylation is 2. The van der Waals surface area contributed by atoms with Crippen LogP contribution in [0.25, 0.3) is 0 Å². The van der Waals surface area contributed by atoms with Crippen molar-refractivity contribution < 1.29 is 14.4 Å². The Morgan fingerprint density at radius 1 is 1.29 bits per heavy atom. The van der Waals surface area contributed by atoms with Crippen LogP contribution in [0.15, 0.2) is 12.3 Å². The summed E-state index contributed by atoms with van der Waals surface area (Å²) < 4.78 is 1.74. The summed E-state index contributed by atoms with van der Waals surface area (Å²) in [6.07, 6.45) is 2.59. The lowest BCUT2D eigenvalue weighted by atomic mass is 10.1. The molecule has 1 aliphatic rings. The molecule has 1 saturated heterocycles. The van der Waals surface area contributed by atoms with E-state index in [4.69, 9.17) is 0 Å². The number of likely N-dealkylation sites (N-methyl/N-ethyl adjacent to an activating group) is 1. The number of hydrogen-bond acceptors (Lipinski definition) is 4. The van der Waals surface area contributed by atoms with Crippen molar-refractivity contribution in [2.45, 2.75) is 25.8 Å². The normalized spacial score (nSPS) is 17.8. The monoisotopic (exact) mass is 335 g/mol. The van der Waals surface area contributed by atoms with Crippen LogP contribution in [0.5, 0.6) is 0 Å². The molecule has 0 saturated carbocycles. The number of hydrogen-bond donors (Lipinski definition) is 0. The van der Waals surface area contributed by atoms with Gasteiger partial charge in [-0.25, -0.2) is 0 Å². The fraction of sp³-hybridized carbons (Fsp3) is 0.625. The molecule has 1 atom stereocenters. The smallest absolute Gasteiger partial charge is 0.246 e. The second-order valence-electron chi connectivity index (χ2n) is 6.25. The second-order valence-corrected chi connectivity index (χ2v) is 6.25. The molecule has 2 heterocycles. The van der Waals surface area contributed by atoms with Crippen LogP contribution in [0.2, 0.25) is 0 Å².